The van der Waals surface area contributed by atoms with Crippen molar-refractivity contribution < 1.29 is 9.59 Å². The summed E-state index contributed by atoms with van der Waals surface area (Å²) in [6.07, 6.45) is 0.724. The number of aromatic nitrogens is 2. The Balaban J connectivity index is 1.67. The minimum Gasteiger partial charge on any atom is -0.378 e. The van der Waals surface area contributed by atoms with Gasteiger partial charge in [0, 0.05) is 31.0 Å². The van der Waals surface area contributed by atoms with E-state index < -0.39 is 12.1 Å². The molecule has 2 aromatic carbocycles. The molecular weight excluding hydrogens is 448 g/mol. The van der Waals surface area contributed by atoms with Crippen LogP contribution in [0, 0.1) is 19.8 Å². The predicted molar refractivity (Wildman–Crippen MR) is 140 cm³/mol. The third-order valence-electron chi connectivity index (χ3n) is 5.83. The summed E-state index contributed by atoms with van der Waals surface area (Å²) in [4.78, 5) is 27.7. The lowest BCUT2D eigenvalue weighted by molar-refractivity contribution is -0.119. The van der Waals surface area contributed by atoms with Gasteiger partial charge in [0.2, 0.25) is 11.0 Å². The lowest BCUT2D eigenvalue weighted by atomic mass is 9.98. The Hall–Kier alpha value is -3.46. The summed E-state index contributed by atoms with van der Waals surface area (Å²) < 4.78 is 0. The van der Waals surface area contributed by atoms with Crippen molar-refractivity contribution in [2.24, 2.45) is 5.92 Å². The molecule has 8 nitrogen and oxygen atoms in total. The zero-order valence-electron chi connectivity index (χ0n) is 20.5. The van der Waals surface area contributed by atoms with E-state index in [-0.39, 0.29) is 11.8 Å². The molecule has 3 aromatic rings. The fraction of sp³-hybridized carbons (Fsp3) is 0.360. The number of aryl methyl sites for hydroxylation is 2. The Morgan fingerprint density at radius 3 is 2.32 bits per heavy atom. The summed E-state index contributed by atoms with van der Waals surface area (Å²) in [6.45, 7) is 7.91. The van der Waals surface area contributed by atoms with Crippen LogP contribution in [0.1, 0.15) is 31.4 Å². The van der Waals surface area contributed by atoms with Gasteiger partial charge in [0.1, 0.15) is 11.0 Å². The molecule has 0 bridgehead atoms. The first kappa shape index (κ1) is 25.2. The largest absolute Gasteiger partial charge is 0.378 e. The standard InChI is InChI=1S/C25H32N6O2S/c1-7-15(2)21(27-24(33)26-19-11-8-16(3)17(4)14-19)22(32)28-25-30-29-23(34-25)18-9-12-20(13-10-18)31(5)6/h8-15,21H,7H2,1-6H3,(H2,26,27,33)(H,28,30,32). The highest BCUT2D eigenvalue weighted by Gasteiger charge is 2.27. The van der Waals surface area contributed by atoms with Crippen LogP contribution < -0.4 is 20.9 Å². The van der Waals surface area contributed by atoms with Crippen LogP contribution in [-0.2, 0) is 4.79 Å². The number of urea groups is 1. The zero-order valence-corrected chi connectivity index (χ0v) is 21.3. The maximum absolute atomic E-state index is 13.0. The molecule has 1 heterocycles. The van der Waals surface area contributed by atoms with Gasteiger partial charge in [0.25, 0.3) is 0 Å². The first-order chi connectivity index (χ1) is 16.2. The van der Waals surface area contributed by atoms with Crippen molar-refractivity contribution in [1.29, 1.82) is 0 Å². The van der Waals surface area contributed by atoms with Gasteiger partial charge in [-0.2, -0.15) is 0 Å². The molecule has 0 radical (unpaired) electrons. The number of amides is 3. The Morgan fingerprint density at radius 2 is 1.71 bits per heavy atom. The molecule has 1 aromatic heterocycles. The first-order valence-electron chi connectivity index (χ1n) is 11.2. The van der Waals surface area contributed by atoms with Gasteiger partial charge in [0.15, 0.2) is 0 Å². The van der Waals surface area contributed by atoms with E-state index in [0.29, 0.717) is 15.8 Å². The number of carbonyl (C=O) groups is 2. The number of rotatable bonds is 8. The van der Waals surface area contributed by atoms with Crippen LogP contribution in [0.25, 0.3) is 10.6 Å². The lowest BCUT2D eigenvalue weighted by Crippen LogP contribution is -2.49. The SMILES string of the molecule is CCC(C)C(NC(=O)Nc1ccc(C)c(C)c1)C(=O)Nc1nnc(-c2ccc(N(C)C)cc2)s1. The maximum atomic E-state index is 13.0. The second-order valence-corrected chi connectivity index (χ2v) is 9.58. The molecular formula is C25H32N6O2S. The predicted octanol–water partition coefficient (Wildman–Crippen LogP) is 5.06. The minimum absolute atomic E-state index is 0.0727. The van der Waals surface area contributed by atoms with Crippen molar-refractivity contribution in [3.05, 3.63) is 53.6 Å². The normalized spacial score (nSPS) is 12.5. The number of nitrogens with one attached hydrogen (secondary N) is 3. The third-order valence-corrected chi connectivity index (χ3v) is 6.72. The summed E-state index contributed by atoms with van der Waals surface area (Å²) in [5, 5.41) is 17.9. The number of carbonyl (C=O) groups excluding carboxylic acids is 2. The van der Waals surface area contributed by atoms with Crippen molar-refractivity contribution in [3.63, 3.8) is 0 Å². The molecule has 2 atom stereocenters. The minimum atomic E-state index is -0.719. The van der Waals surface area contributed by atoms with Gasteiger partial charge >= 0.3 is 6.03 Å². The topological polar surface area (TPSA) is 99.2 Å². The molecule has 0 aliphatic heterocycles. The molecule has 0 aliphatic rings. The Bertz CT molecular complexity index is 1140. The summed E-state index contributed by atoms with van der Waals surface area (Å²) >= 11 is 1.29. The molecule has 2 unspecified atom stereocenters. The summed E-state index contributed by atoms with van der Waals surface area (Å²) in [7, 11) is 3.97. The number of hydrogen-bond acceptors (Lipinski definition) is 6. The fourth-order valence-electron chi connectivity index (χ4n) is 3.31. The Morgan fingerprint density at radius 1 is 1.00 bits per heavy atom. The highest BCUT2D eigenvalue weighted by Crippen LogP contribution is 2.28. The average molecular weight is 481 g/mol. The molecule has 0 spiro atoms. The van der Waals surface area contributed by atoms with E-state index >= 15 is 0 Å². The molecule has 0 saturated carbocycles. The number of anilines is 3. The molecule has 0 saturated heterocycles. The van der Waals surface area contributed by atoms with E-state index in [1.165, 1.54) is 11.3 Å². The molecule has 0 fully saturated rings. The quantitative estimate of drug-likeness (QED) is 0.418. The van der Waals surface area contributed by atoms with Gasteiger partial charge in [-0.1, -0.05) is 37.7 Å². The molecule has 3 rings (SSSR count). The highest BCUT2D eigenvalue weighted by atomic mass is 32.1. The van der Waals surface area contributed by atoms with Crippen molar-refractivity contribution in [1.82, 2.24) is 15.5 Å². The second kappa shape index (κ2) is 11.1. The molecule has 34 heavy (non-hydrogen) atoms. The zero-order chi connectivity index (χ0) is 24.8. The Kier molecular flexibility index (Phi) is 8.22. The van der Waals surface area contributed by atoms with Gasteiger partial charge in [-0.05, 0) is 67.3 Å². The average Bonchev–Trinajstić information content (AvgIpc) is 3.27. The lowest BCUT2D eigenvalue weighted by Gasteiger charge is -2.23. The van der Waals surface area contributed by atoms with Crippen LogP contribution in [-0.4, -0.2) is 42.3 Å². The molecule has 180 valence electrons. The van der Waals surface area contributed by atoms with Crippen molar-refractivity contribution in [2.75, 3.05) is 29.6 Å². The number of benzene rings is 2. The van der Waals surface area contributed by atoms with Crippen molar-refractivity contribution in [3.8, 4) is 10.6 Å². The van der Waals surface area contributed by atoms with Gasteiger partial charge in [-0.3, -0.25) is 10.1 Å². The Labute approximate surface area is 204 Å². The fourth-order valence-corrected chi connectivity index (χ4v) is 4.06. The van der Waals surface area contributed by atoms with Crippen molar-refractivity contribution >= 4 is 39.8 Å². The van der Waals surface area contributed by atoms with E-state index in [9.17, 15) is 9.59 Å². The summed E-state index contributed by atoms with van der Waals surface area (Å²) in [5.41, 5.74) is 4.92. The molecule has 3 amide bonds. The van der Waals surface area contributed by atoms with Crippen LogP contribution >= 0.6 is 11.3 Å². The van der Waals surface area contributed by atoms with Crippen LogP contribution in [0.15, 0.2) is 42.5 Å². The van der Waals surface area contributed by atoms with E-state index in [0.717, 1.165) is 28.8 Å². The number of nitrogens with zero attached hydrogens (tertiary/aromatic N) is 3. The second-order valence-electron chi connectivity index (χ2n) is 8.60. The molecule has 9 heteroatoms. The van der Waals surface area contributed by atoms with Gasteiger partial charge in [-0.25, -0.2) is 4.79 Å². The third kappa shape index (κ3) is 6.32. The van der Waals surface area contributed by atoms with Crippen LogP contribution in [0.3, 0.4) is 0 Å². The molecule has 3 N–H and O–H groups in total. The summed E-state index contributed by atoms with van der Waals surface area (Å²) in [5.74, 6) is -0.397. The van der Waals surface area contributed by atoms with Crippen LogP contribution in [0.2, 0.25) is 0 Å². The van der Waals surface area contributed by atoms with Gasteiger partial charge in [-0.15, -0.1) is 10.2 Å². The van der Waals surface area contributed by atoms with E-state index in [4.69, 9.17) is 0 Å². The van der Waals surface area contributed by atoms with Crippen LogP contribution in [0.5, 0.6) is 0 Å². The van der Waals surface area contributed by atoms with Gasteiger partial charge < -0.3 is 15.5 Å². The van der Waals surface area contributed by atoms with Gasteiger partial charge in [0.05, 0.1) is 0 Å². The molecule has 0 aliphatic carbocycles. The van der Waals surface area contributed by atoms with Crippen LogP contribution in [0.4, 0.5) is 21.3 Å². The monoisotopic (exact) mass is 480 g/mol. The smallest absolute Gasteiger partial charge is 0.319 e. The van der Waals surface area contributed by atoms with E-state index in [2.05, 4.69) is 26.1 Å². The van der Waals surface area contributed by atoms with E-state index in [1.807, 2.05) is 89.2 Å². The van der Waals surface area contributed by atoms with E-state index in [1.54, 1.807) is 0 Å². The summed E-state index contributed by atoms with van der Waals surface area (Å²) in [6, 6.07) is 12.5. The maximum Gasteiger partial charge on any atom is 0.319 e. The number of hydrogen-bond donors (Lipinski definition) is 3. The first-order valence-corrected chi connectivity index (χ1v) is 12.1. The highest BCUT2D eigenvalue weighted by molar-refractivity contribution is 7.18. The van der Waals surface area contributed by atoms with Crippen molar-refractivity contribution in [2.45, 2.75) is 40.2 Å².